The van der Waals surface area contributed by atoms with E-state index in [1.165, 1.54) is 0 Å². The highest BCUT2D eigenvalue weighted by Crippen LogP contribution is 2.24. The second kappa shape index (κ2) is 7.09. The van der Waals surface area contributed by atoms with Gasteiger partial charge in [0.05, 0.1) is 11.7 Å². The van der Waals surface area contributed by atoms with Crippen molar-refractivity contribution >= 4 is 21.8 Å². The van der Waals surface area contributed by atoms with Crippen LogP contribution in [0.25, 0.3) is 0 Å². The quantitative estimate of drug-likeness (QED) is 0.914. The third-order valence-corrected chi connectivity index (χ3v) is 3.80. The second-order valence-corrected chi connectivity index (χ2v) is 6.02. The zero-order valence-electron chi connectivity index (χ0n) is 11.8. The molecule has 0 aliphatic carbocycles. The van der Waals surface area contributed by atoms with Gasteiger partial charge in [0.1, 0.15) is 5.75 Å². The molecule has 1 aromatic rings. The Kier molecular flexibility index (Phi) is 5.43. The smallest absolute Gasteiger partial charge is 0.252 e. The maximum atomic E-state index is 12.3. The van der Waals surface area contributed by atoms with Crippen molar-refractivity contribution in [3.05, 3.63) is 28.2 Å². The fourth-order valence-corrected chi connectivity index (χ4v) is 2.56. The number of carbonyl (C=O) groups excluding carboxylic acids is 1. The molecule has 1 aliphatic heterocycles. The van der Waals surface area contributed by atoms with E-state index in [1.807, 2.05) is 26.0 Å². The summed E-state index contributed by atoms with van der Waals surface area (Å²) in [4.78, 5) is 12.3. The largest absolute Gasteiger partial charge is 0.491 e. The number of rotatable bonds is 4. The predicted molar refractivity (Wildman–Crippen MR) is 81.2 cm³/mol. The number of benzene rings is 1. The van der Waals surface area contributed by atoms with E-state index in [4.69, 9.17) is 9.47 Å². The Hall–Kier alpha value is -1.07. The summed E-state index contributed by atoms with van der Waals surface area (Å²) in [7, 11) is 0. The van der Waals surface area contributed by atoms with E-state index < -0.39 is 0 Å². The Morgan fingerprint density at radius 2 is 2.10 bits per heavy atom. The normalized spacial score (nSPS) is 16.2. The molecule has 110 valence electrons. The molecule has 0 aromatic heterocycles. The van der Waals surface area contributed by atoms with Crippen LogP contribution in [0.15, 0.2) is 22.7 Å². The molecule has 0 atom stereocenters. The van der Waals surface area contributed by atoms with Gasteiger partial charge in [0.25, 0.3) is 5.91 Å². The number of ether oxygens (including phenoxy) is 2. The van der Waals surface area contributed by atoms with Crippen LogP contribution in [0.5, 0.6) is 5.75 Å². The van der Waals surface area contributed by atoms with E-state index in [-0.39, 0.29) is 18.1 Å². The van der Waals surface area contributed by atoms with Crippen LogP contribution in [0, 0.1) is 0 Å². The van der Waals surface area contributed by atoms with Crippen molar-refractivity contribution in [2.45, 2.75) is 38.8 Å². The van der Waals surface area contributed by atoms with E-state index in [0.29, 0.717) is 24.5 Å². The number of amides is 1. The Balaban J connectivity index is 2.07. The van der Waals surface area contributed by atoms with Gasteiger partial charge in [-0.05, 0) is 60.8 Å². The van der Waals surface area contributed by atoms with Gasteiger partial charge < -0.3 is 14.8 Å². The number of hydrogen-bond donors (Lipinski definition) is 1. The molecule has 1 aromatic carbocycles. The molecule has 0 radical (unpaired) electrons. The first-order chi connectivity index (χ1) is 9.56. The lowest BCUT2D eigenvalue weighted by Gasteiger charge is -2.23. The highest BCUT2D eigenvalue weighted by Gasteiger charge is 2.19. The SMILES string of the molecule is CC(C)Oc1ccc(Br)c(C(=O)NC2CCOCC2)c1. The zero-order chi connectivity index (χ0) is 14.5. The molecule has 1 heterocycles. The van der Waals surface area contributed by atoms with Crippen LogP contribution in [0.4, 0.5) is 0 Å². The fraction of sp³-hybridized carbons (Fsp3) is 0.533. The molecule has 1 fully saturated rings. The van der Waals surface area contributed by atoms with Gasteiger partial charge in [0.2, 0.25) is 0 Å². The lowest BCUT2D eigenvalue weighted by Crippen LogP contribution is -2.39. The first kappa shape index (κ1) is 15.3. The monoisotopic (exact) mass is 341 g/mol. The molecule has 0 unspecified atom stereocenters. The van der Waals surface area contributed by atoms with Crippen LogP contribution in [-0.4, -0.2) is 31.3 Å². The predicted octanol–water partition coefficient (Wildman–Crippen LogP) is 3.15. The summed E-state index contributed by atoms with van der Waals surface area (Å²) in [5.74, 6) is 0.637. The average molecular weight is 342 g/mol. The van der Waals surface area contributed by atoms with Crippen molar-refractivity contribution in [1.82, 2.24) is 5.32 Å². The molecule has 5 heteroatoms. The summed E-state index contributed by atoms with van der Waals surface area (Å²) < 4.78 is 11.7. The van der Waals surface area contributed by atoms with Gasteiger partial charge in [-0.3, -0.25) is 4.79 Å². The zero-order valence-corrected chi connectivity index (χ0v) is 13.4. The molecule has 1 aliphatic rings. The second-order valence-electron chi connectivity index (χ2n) is 5.17. The Morgan fingerprint density at radius 1 is 1.40 bits per heavy atom. The van der Waals surface area contributed by atoms with Crippen molar-refractivity contribution in [2.75, 3.05) is 13.2 Å². The molecule has 20 heavy (non-hydrogen) atoms. The number of hydrogen-bond acceptors (Lipinski definition) is 3. The van der Waals surface area contributed by atoms with Crippen LogP contribution in [0.2, 0.25) is 0 Å². The lowest BCUT2D eigenvalue weighted by molar-refractivity contribution is 0.0696. The van der Waals surface area contributed by atoms with Crippen LogP contribution < -0.4 is 10.1 Å². The van der Waals surface area contributed by atoms with Gasteiger partial charge in [-0.25, -0.2) is 0 Å². The lowest BCUT2D eigenvalue weighted by atomic mass is 10.1. The standard InChI is InChI=1S/C15H20BrNO3/c1-10(2)20-12-3-4-14(16)13(9-12)15(18)17-11-5-7-19-8-6-11/h3-4,9-11H,5-8H2,1-2H3,(H,17,18). The molecule has 1 saturated heterocycles. The molecule has 1 N–H and O–H groups in total. The Bertz CT molecular complexity index is 470. The summed E-state index contributed by atoms with van der Waals surface area (Å²) >= 11 is 3.42. The minimum absolute atomic E-state index is 0.0713. The van der Waals surface area contributed by atoms with E-state index in [1.54, 1.807) is 6.07 Å². The highest BCUT2D eigenvalue weighted by molar-refractivity contribution is 9.10. The highest BCUT2D eigenvalue weighted by atomic mass is 79.9. The third kappa shape index (κ3) is 4.21. The molecule has 0 bridgehead atoms. The topological polar surface area (TPSA) is 47.6 Å². The Labute approximate surface area is 128 Å². The molecule has 2 rings (SSSR count). The van der Waals surface area contributed by atoms with Gasteiger partial charge in [0, 0.05) is 23.7 Å². The Morgan fingerprint density at radius 3 is 2.75 bits per heavy atom. The molecule has 0 spiro atoms. The van der Waals surface area contributed by atoms with Gasteiger partial charge in [0.15, 0.2) is 0 Å². The van der Waals surface area contributed by atoms with Crippen molar-refractivity contribution in [3.8, 4) is 5.75 Å². The third-order valence-electron chi connectivity index (χ3n) is 3.11. The van der Waals surface area contributed by atoms with Gasteiger partial charge >= 0.3 is 0 Å². The van der Waals surface area contributed by atoms with E-state index in [9.17, 15) is 4.79 Å². The van der Waals surface area contributed by atoms with Gasteiger partial charge in [-0.15, -0.1) is 0 Å². The van der Waals surface area contributed by atoms with E-state index >= 15 is 0 Å². The molecule has 4 nitrogen and oxygen atoms in total. The van der Waals surface area contributed by atoms with Crippen molar-refractivity contribution in [3.63, 3.8) is 0 Å². The van der Waals surface area contributed by atoms with Gasteiger partial charge in [-0.2, -0.15) is 0 Å². The van der Waals surface area contributed by atoms with Crippen molar-refractivity contribution in [2.24, 2.45) is 0 Å². The summed E-state index contributed by atoms with van der Waals surface area (Å²) in [6.45, 7) is 5.35. The summed E-state index contributed by atoms with van der Waals surface area (Å²) in [6.07, 6.45) is 1.82. The average Bonchev–Trinajstić information content (AvgIpc) is 2.41. The fourth-order valence-electron chi connectivity index (χ4n) is 2.13. The van der Waals surface area contributed by atoms with Gasteiger partial charge in [-0.1, -0.05) is 0 Å². The first-order valence-corrected chi connectivity index (χ1v) is 7.70. The van der Waals surface area contributed by atoms with E-state index in [2.05, 4.69) is 21.2 Å². The number of nitrogens with one attached hydrogen (secondary N) is 1. The van der Waals surface area contributed by atoms with Crippen molar-refractivity contribution < 1.29 is 14.3 Å². The van der Waals surface area contributed by atoms with Crippen LogP contribution in [-0.2, 0) is 4.74 Å². The van der Waals surface area contributed by atoms with Crippen LogP contribution >= 0.6 is 15.9 Å². The molecular weight excluding hydrogens is 322 g/mol. The summed E-state index contributed by atoms with van der Waals surface area (Å²) in [5, 5.41) is 3.05. The minimum Gasteiger partial charge on any atom is -0.491 e. The van der Waals surface area contributed by atoms with Crippen molar-refractivity contribution in [1.29, 1.82) is 0 Å². The van der Waals surface area contributed by atoms with Crippen LogP contribution in [0.1, 0.15) is 37.0 Å². The molecule has 0 saturated carbocycles. The number of halogens is 1. The summed E-state index contributed by atoms with van der Waals surface area (Å²) in [6, 6.07) is 5.67. The maximum absolute atomic E-state index is 12.3. The minimum atomic E-state index is -0.0713. The summed E-state index contributed by atoms with van der Waals surface area (Å²) in [5.41, 5.74) is 0.606. The molecule has 1 amide bonds. The van der Waals surface area contributed by atoms with E-state index in [0.717, 1.165) is 17.3 Å². The van der Waals surface area contributed by atoms with Crippen LogP contribution in [0.3, 0.4) is 0 Å². The molecular formula is C15H20BrNO3. The maximum Gasteiger partial charge on any atom is 0.252 e. The first-order valence-electron chi connectivity index (χ1n) is 6.91. The number of carbonyl (C=O) groups is 1.